The Morgan fingerprint density at radius 2 is 1.90 bits per heavy atom. The fraction of sp³-hybridized carbons (Fsp3) is 0.389. The summed E-state index contributed by atoms with van der Waals surface area (Å²) < 4.78 is 0. The molecule has 1 aliphatic heterocycles. The summed E-state index contributed by atoms with van der Waals surface area (Å²) in [4.78, 5) is 13.8. The molecule has 2 atom stereocenters. The van der Waals surface area contributed by atoms with Crippen molar-refractivity contribution in [3.05, 3.63) is 48.0 Å². The maximum Gasteiger partial charge on any atom is 0.239 e. The third-order valence-electron chi connectivity index (χ3n) is 4.39. The highest BCUT2D eigenvalue weighted by Gasteiger charge is 2.28. The van der Waals surface area contributed by atoms with Gasteiger partial charge in [0, 0.05) is 14.1 Å². The second kappa shape index (κ2) is 5.86. The van der Waals surface area contributed by atoms with E-state index in [1.165, 1.54) is 16.3 Å². The molecule has 0 aromatic heterocycles. The Kier molecular flexibility index (Phi) is 3.93. The summed E-state index contributed by atoms with van der Waals surface area (Å²) >= 11 is 0. The van der Waals surface area contributed by atoms with Crippen molar-refractivity contribution < 1.29 is 4.79 Å². The molecule has 1 amide bonds. The fourth-order valence-electron chi connectivity index (χ4n) is 3.18. The van der Waals surface area contributed by atoms with Crippen LogP contribution < -0.4 is 5.32 Å². The fourth-order valence-corrected chi connectivity index (χ4v) is 3.18. The van der Waals surface area contributed by atoms with Gasteiger partial charge in [-0.05, 0) is 41.6 Å². The Morgan fingerprint density at radius 1 is 1.14 bits per heavy atom. The zero-order valence-electron chi connectivity index (χ0n) is 12.7. The van der Waals surface area contributed by atoms with Gasteiger partial charge in [-0.1, -0.05) is 42.5 Å². The number of amides is 1. The topological polar surface area (TPSA) is 32.3 Å². The highest BCUT2D eigenvalue weighted by Crippen LogP contribution is 2.30. The maximum absolute atomic E-state index is 12.2. The average Bonchev–Trinajstić information content (AvgIpc) is 2.53. The molecule has 3 heteroatoms. The van der Waals surface area contributed by atoms with E-state index < -0.39 is 0 Å². The Labute approximate surface area is 125 Å². The number of hydrogen-bond donors (Lipinski definition) is 1. The van der Waals surface area contributed by atoms with E-state index in [0.29, 0.717) is 5.92 Å². The summed E-state index contributed by atoms with van der Waals surface area (Å²) in [7, 11) is 3.65. The zero-order chi connectivity index (χ0) is 14.8. The number of hydrogen-bond acceptors (Lipinski definition) is 2. The van der Waals surface area contributed by atoms with Crippen LogP contribution in [0.15, 0.2) is 42.5 Å². The van der Waals surface area contributed by atoms with Crippen LogP contribution in [0.25, 0.3) is 10.8 Å². The summed E-state index contributed by atoms with van der Waals surface area (Å²) in [5.74, 6) is 0.644. The minimum atomic E-state index is -0.0507. The van der Waals surface area contributed by atoms with Gasteiger partial charge in [0.05, 0.1) is 6.04 Å². The van der Waals surface area contributed by atoms with Crippen LogP contribution in [0.1, 0.15) is 24.3 Å². The Morgan fingerprint density at radius 3 is 2.67 bits per heavy atom. The molecule has 1 N–H and O–H groups in total. The first kappa shape index (κ1) is 14.1. The molecular weight excluding hydrogens is 260 g/mol. The monoisotopic (exact) mass is 282 g/mol. The lowest BCUT2D eigenvalue weighted by molar-refractivity contribution is -0.131. The first-order chi connectivity index (χ1) is 10.1. The molecular formula is C18H22N2O. The van der Waals surface area contributed by atoms with Crippen LogP contribution in [0.5, 0.6) is 0 Å². The van der Waals surface area contributed by atoms with Gasteiger partial charge in [-0.15, -0.1) is 0 Å². The van der Waals surface area contributed by atoms with Crippen molar-refractivity contribution in [3.63, 3.8) is 0 Å². The van der Waals surface area contributed by atoms with Gasteiger partial charge in [-0.25, -0.2) is 0 Å². The SMILES string of the molecule is CN(C)C(=O)C1CC(c2ccc3ccccc3c2)CCN1. The molecule has 1 heterocycles. The molecule has 1 aliphatic rings. The molecule has 110 valence electrons. The number of rotatable bonds is 2. The first-order valence-electron chi connectivity index (χ1n) is 7.58. The number of nitrogens with zero attached hydrogens (tertiary/aromatic N) is 1. The molecule has 0 radical (unpaired) electrons. The number of nitrogens with one attached hydrogen (secondary N) is 1. The summed E-state index contributed by atoms with van der Waals surface area (Å²) in [6.07, 6.45) is 1.98. The minimum absolute atomic E-state index is 0.0507. The lowest BCUT2D eigenvalue weighted by Gasteiger charge is -2.31. The smallest absolute Gasteiger partial charge is 0.239 e. The first-order valence-corrected chi connectivity index (χ1v) is 7.58. The third-order valence-corrected chi connectivity index (χ3v) is 4.39. The van der Waals surface area contributed by atoms with Gasteiger partial charge < -0.3 is 10.2 Å². The van der Waals surface area contributed by atoms with Gasteiger partial charge >= 0.3 is 0 Å². The van der Waals surface area contributed by atoms with Crippen molar-refractivity contribution in [1.29, 1.82) is 0 Å². The van der Waals surface area contributed by atoms with Gasteiger partial charge in [0.1, 0.15) is 0 Å². The number of likely N-dealkylation sites (N-methyl/N-ethyl adjacent to an activating group) is 1. The predicted molar refractivity (Wildman–Crippen MR) is 86.4 cm³/mol. The lowest BCUT2D eigenvalue weighted by atomic mass is 9.85. The van der Waals surface area contributed by atoms with Gasteiger partial charge in [-0.2, -0.15) is 0 Å². The van der Waals surface area contributed by atoms with E-state index in [9.17, 15) is 4.79 Å². The standard InChI is InChI=1S/C18H22N2O/c1-20(2)18(21)17-12-16(9-10-19-17)15-8-7-13-5-3-4-6-14(13)11-15/h3-8,11,16-17,19H,9-10,12H2,1-2H3. The number of piperidine rings is 1. The average molecular weight is 282 g/mol. The lowest BCUT2D eigenvalue weighted by Crippen LogP contribution is -2.47. The quantitative estimate of drug-likeness (QED) is 0.918. The Balaban J connectivity index is 1.83. The largest absolute Gasteiger partial charge is 0.347 e. The number of carbonyl (C=O) groups is 1. The van der Waals surface area contributed by atoms with E-state index in [1.54, 1.807) is 4.90 Å². The molecule has 2 unspecified atom stereocenters. The van der Waals surface area contributed by atoms with Crippen LogP contribution in [0.4, 0.5) is 0 Å². The van der Waals surface area contributed by atoms with E-state index >= 15 is 0 Å². The molecule has 0 bridgehead atoms. The van der Waals surface area contributed by atoms with Crippen molar-refractivity contribution in [2.75, 3.05) is 20.6 Å². The molecule has 21 heavy (non-hydrogen) atoms. The highest BCUT2D eigenvalue weighted by molar-refractivity contribution is 5.83. The number of benzene rings is 2. The summed E-state index contributed by atoms with van der Waals surface area (Å²) in [5, 5.41) is 5.90. The molecule has 1 saturated heterocycles. The van der Waals surface area contributed by atoms with Gasteiger partial charge in [-0.3, -0.25) is 4.79 Å². The van der Waals surface area contributed by atoms with Crippen LogP contribution >= 0.6 is 0 Å². The maximum atomic E-state index is 12.2. The van der Waals surface area contributed by atoms with Crippen LogP contribution in [0, 0.1) is 0 Å². The zero-order valence-corrected chi connectivity index (χ0v) is 12.7. The molecule has 1 fully saturated rings. The molecule has 2 aromatic carbocycles. The van der Waals surface area contributed by atoms with Crippen molar-refractivity contribution in [2.24, 2.45) is 0 Å². The van der Waals surface area contributed by atoms with Crippen LogP contribution in [0.2, 0.25) is 0 Å². The van der Waals surface area contributed by atoms with E-state index in [4.69, 9.17) is 0 Å². The second-order valence-corrected chi connectivity index (χ2v) is 6.07. The van der Waals surface area contributed by atoms with Crippen molar-refractivity contribution in [3.8, 4) is 0 Å². The minimum Gasteiger partial charge on any atom is -0.347 e. The van der Waals surface area contributed by atoms with Crippen molar-refractivity contribution in [1.82, 2.24) is 10.2 Å². The molecule has 0 saturated carbocycles. The van der Waals surface area contributed by atoms with Crippen LogP contribution in [-0.4, -0.2) is 37.5 Å². The number of carbonyl (C=O) groups excluding carboxylic acids is 1. The van der Waals surface area contributed by atoms with Gasteiger partial charge in [0.25, 0.3) is 0 Å². The Bertz CT molecular complexity index is 650. The second-order valence-electron chi connectivity index (χ2n) is 6.07. The number of fused-ring (bicyclic) bond motifs is 1. The predicted octanol–water partition coefficient (Wildman–Crippen LogP) is 2.76. The Hall–Kier alpha value is -1.87. The molecule has 0 spiro atoms. The molecule has 2 aromatic rings. The van der Waals surface area contributed by atoms with Crippen LogP contribution in [-0.2, 0) is 4.79 Å². The van der Waals surface area contributed by atoms with Crippen LogP contribution in [0.3, 0.4) is 0 Å². The van der Waals surface area contributed by atoms with Crippen molar-refractivity contribution >= 4 is 16.7 Å². The van der Waals surface area contributed by atoms with E-state index in [0.717, 1.165) is 19.4 Å². The molecule has 0 aliphatic carbocycles. The van der Waals surface area contributed by atoms with E-state index in [1.807, 2.05) is 14.1 Å². The third kappa shape index (κ3) is 2.93. The van der Waals surface area contributed by atoms with E-state index in [-0.39, 0.29) is 11.9 Å². The normalized spacial score (nSPS) is 22.2. The van der Waals surface area contributed by atoms with Gasteiger partial charge in [0.2, 0.25) is 5.91 Å². The summed E-state index contributed by atoms with van der Waals surface area (Å²) in [6.45, 7) is 0.905. The highest BCUT2D eigenvalue weighted by atomic mass is 16.2. The summed E-state index contributed by atoms with van der Waals surface area (Å²) in [6, 6.07) is 15.1. The summed E-state index contributed by atoms with van der Waals surface area (Å²) in [5.41, 5.74) is 1.35. The molecule has 3 nitrogen and oxygen atoms in total. The molecule has 3 rings (SSSR count). The van der Waals surface area contributed by atoms with E-state index in [2.05, 4.69) is 47.8 Å². The van der Waals surface area contributed by atoms with Gasteiger partial charge in [0.15, 0.2) is 0 Å². The van der Waals surface area contributed by atoms with Crippen molar-refractivity contribution in [2.45, 2.75) is 24.8 Å².